The second-order valence-corrected chi connectivity index (χ2v) is 35.8. The Morgan fingerprint density at radius 1 is 0.194 bits per heavy atom. The van der Waals surface area contributed by atoms with Crippen molar-refractivity contribution in [1.82, 2.24) is 33.2 Å². The molecule has 3 spiro atoms. The Morgan fingerprint density at radius 3 is 1.23 bits per heavy atom. The number of rotatable bonds is 7. The lowest BCUT2D eigenvalue weighted by molar-refractivity contribution is 0.748. The summed E-state index contributed by atoms with van der Waals surface area (Å²) in [6.45, 7) is 0. The van der Waals surface area contributed by atoms with Crippen LogP contribution in [0.1, 0.15) is 66.8 Å². The van der Waals surface area contributed by atoms with Gasteiger partial charge in [0.25, 0.3) is 0 Å². The van der Waals surface area contributed by atoms with E-state index in [1.54, 1.807) is 0 Å². The van der Waals surface area contributed by atoms with Crippen LogP contribution in [0.25, 0.3) is 200 Å². The predicted octanol–water partition coefficient (Wildman–Crippen LogP) is 29.1. The van der Waals surface area contributed by atoms with Crippen molar-refractivity contribution in [2.75, 3.05) is 0 Å². The first-order chi connectivity index (χ1) is 64.0. The monoisotopic (exact) mass is 1630 g/mol. The second kappa shape index (κ2) is 25.2. The predicted molar refractivity (Wildman–Crippen MR) is 525 cm³/mol. The normalized spacial score (nSPS) is 16.3. The first-order valence-corrected chi connectivity index (χ1v) is 44.8. The molecule has 3 aliphatic heterocycles. The number of pyridine rings is 2. The molecule has 129 heavy (non-hydrogen) atoms. The van der Waals surface area contributed by atoms with Crippen LogP contribution in [-0.4, -0.2) is 33.2 Å². The van der Waals surface area contributed by atoms with E-state index in [0.29, 0.717) is 0 Å². The minimum absolute atomic E-state index is 0.565. The third-order valence-corrected chi connectivity index (χ3v) is 30.1. The SMILES string of the molecule is c1ccc(-c2ccc3c(c2)-c2ccc(-c4cccc(-c5ncccc5-c5ccc6c(c5)-c5ccccc5C65c6ccccc6-n6c7ccccc7c7cc(-c8ccc(-n9c(-c%10ccc%11c(c%10)-c%10ccccc%10C%11%10c%11ccccc%11-n%11c%12ccccc%12c%12cccc%10c%12%11)nc%10ccccc%109)cc8)cc5c76)c4)cc2C32c3ccccc3-n3c4ccccc4c4cccc2c43)nc1. The van der Waals surface area contributed by atoms with Gasteiger partial charge in [-0.3, -0.25) is 14.5 Å². The van der Waals surface area contributed by atoms with E-state index in [2.05, 4.69) is 431 Å². The van der Waals surface area contributed by atoms with Gasteiger partial charge in [-0.25, -0.2) is 4.98 Å². The Labute approximate surface area is 742 Å². The number of hydrogen-bond acceptors (Lipinski definition) is 3. The number of fused-ring (bicyclic) bond motifs is 37. The molecule has 0 amide bonds. The number of para-hydroxylation sites is 10. The van der Waals surface area contributed by atoms with Crippen molar-refractivity contribution >= 4 is 76.5 Å². The number of aromatic nitrogens is 7. The number of nitrogens with zero attached hydrogens (tertiary/aromatic N) is 7. The zero-order valence-electron chi connectivity index (χ0n) is 69.6. The first kappa shape index (κ1) is 69.5. The van der Waals surface area contributed by atoms with Gasteiger partial charge in [-0.05, 0) is 249 Å². The van der Waals surface area contributed by atoms with Crippen molar-refractivity contribution in [2.45, 2.75) is 16.2 Å². The van der Waals surface area contributed by atoms with E-state index < -0.39 is 16.2 Å². The van der Waals surface area contributed by atoms with Crippen LogP contribution in [-0.2, 0) is 16.2 Å². The summed E-state index contributed by atoms with van der Waals surface area (Å²) in [5.74, 6) is 0.894. The van der Waals surface area contributed by atoms with Gasteiger partial charge in [0, 0.05) is 72.7 Å². The quantitative estimate of drug-likeness (QED) is 0.160. The van der Waals surface area contributed by atoms with Crippen LogP contribution >= 0.6 is 0 Å². The highest BCUT2D eigenvalue weighted by atomic mass is 15.1. The topological polar surface area (TPSA) is 58.4 Å². The van der Waals surface area contributed by atoms with E-state index >= 15 is 0 Å². The highest BCUT2D eigenvalue weighted by Crippen LogP contribution is 2.67. The fraction of sp³-hybridized carbons (Fsp3) is 0.0246. The van der Waals surface area contributed by atoms with Crippen LogP contribution in [0.4, 0.5) is 0 Å². The highest BCUT2D eigenvalue weighted by Gasteiger charge is 2.55. The van der Waals surface area contributed by atoms with Crippen molar-refractivity contribution in [1.29, 1.82) is 0 Å². The van der Waals surface area contributed by atoms with Gasteiger partial charge in [0.15, 0.2) is 0 Å². The van der Waals surface area contributed by atoms with Crippen LogP contribution < -0.4 is 0 Å². The third kappa shape index (κ3) is 8.74. The molecule has 3 unspecified atom stereocenters. The van der Waals surface area contributed by atoms with E-state index in [1.165, 1.54) is 183 Å². The van der Waals surface area contributed by atoms with Crippen molar-refractivity contribution in [2.24, 2.45) is 0 Å². The maximum Gasteiger partial charge on any atom is 0.145 e. The Kier molecular flexibility index (Phi) is 13.6. The molecule has 7 heteroatoms. The molecule has 6 aromatic heterocycles. The lowest BCUT2D eigenvalue weighted by Gasteiger charge is -2.40. The Morgan fingerprint density at radius 2 is 0.612 bits per heavy atom. The molecule has 24 aromatic rings. The molecule has 7 nitrogen and oxygen atoms in total. The van der Waals surface area contributed by atoms with E-state index in [1.807, 2.05) is 18.5 Å². The molecule has 0 saturated heterocycles. The van der Waals surface area contributed by atoms with Crippen LogP contribution in [0.2, 0.25) is 0 Å². The van der Waals surface area contributed by atoms with Gasteiger partial charge in [-0.2, -0.15) is 0 Å². The average Bonchev–Trinajstić information content (AvgIpc) is 1.51. The van der Waals surface area contributed by atoms with Gasteiger partial charge in [0.1, 0.15) is 5.82 Å². The zero-order valence-corrected chi connectivity index (χ0v) is 69.6. The molecule has 3 aliphatic carbocycles. The zero-order chi connectivity index (χ0) is 83.8. The van der Waals surface area contributed by atoms with Gasteiger partial charge in [0.05, 0.1) is 88.8 Å². The van der Waals surface area contributed by atoms with Gasteiger partial charge in [-0.15, -0.1) is 0 Å². The van der Waals surface area contributed by atoms with E-state index in [9.17, 15) is 0 Å². The van der Waals surface area contributed by atoms with Crippen molar-refractivity contribution in [3.8, 4) is 123 Å². The van der Waals surface area contributed by atoms with Gasteiger partial charge >= 0.3 is 0 Å². The summed E-state index contributed by atoms with van der Waals surface area (Å²) < 4.78 is 9.98. The first-order valence-electron chi connectivity index (χ1n) is 44.8. The molecule has 0 radical (unpaired) electrons. The minimum atomic E-state index is -0.720. The lowest BCUT2D eigenvalue weighted by Crippen LogP contribution is -2.33. The molecule has 3 atom stereocenters. The van der Waals surface area contributed by atoms with Gasteiger partial charge < -0.3 is 13.7 Å². The lowest BCUT2D eigenvalue weighted by atomic mass is 9.65. The largest absolute Gasteiger partial charge is 0.309 e. The van der Waals surface area contributed by atoms with E-state index in [4.69, 9.17) is 15.0 Å². The molecule has 0 N–H and O–H groups in total. The maximum absolute atomic E-state index is 5.60. The summed E-state index contributed by atoms with van der Waals surface area (Å²) in [7, 11) is 0. The molecular weight excluding hydrogens is 1560 g/mol. The third-order valence-electron chi connectivity index (χ3n) is 30.1. The summed E-state index contributed by atoms with van der Waals surface area (Å²) in [5, 5.41) is 7.49. The van der Waals surface area contributed by atoms with Crippen molar-refractivity contribution in [3.63, 3.8) is 0 Å². The number of benzene rings is 18. The molecule has 6 aliphatic rings. The Hall–Kier alpha value is -16.9. The molecule has 0 saturated carbocycles. The average molecular weight is 1630 g/mol. The molecule has 0 fully saturated rings. The molecule has 594 valence electrons. The number of hydrogen-bond donors (Lipinski definition) is 0. The van der Waals surface area contributed by atoms with Gasteiger partial charge in [-0.1, -0.05) is 297 Å². The maximum atomic E-state index is 5.60. The fourth-order valence-corrected chi connectivity index (χ4v) is 25.2. The van der Waals surface area contributed by atoms with Crippen molar-refractivity contribution in [3.05, 3.63) is 498 Å². The summed E-state index contributed by atoms with van der Waals surface area (Å²) in [6, 6.07) is 158. The Balaban J connectivity index is 0.548. The smallest absolute Gasteiger partial charge is 0.145 e. The van der Waals surface area contributed by atoms with E-state index in [-0.39, 0.29) is 0 Å². The highest BCUT2D eigenvalue weighted by molar-refractivity contribution is 6.17. The van der Waals surface area contributed by atoms with Crippen LogP contribution in [0, 0.1) is 0 Å². The van der Waals surface area contributed by atoms with Crippen LogP contribution in [0.15, 0.2) is 431 Å². The summed E-state index contributed by atoms with van der Waals surface area (Å²) in [5.41, 5.74) is 46.6. The Bertz CT molecular complexity index is 9170. The van der Waals surface area contributed by atoms with Crippen molar-refractivity contribution < 1.29 is 0 Å². The van der Waals surface area contributed by atoms with Crippen LogP contribution in [0.5, 0.6) is 0 Å². The standard InChI is InChI=1S/C122H71N7/c1-6-35-94-83(28-1)92-68-78(56-62-96(92)120(94)99-37-8-15-47-111(99)127-108-44-12-3-29-85(108)88-32-22-40-102(120)116(88)127)119-125-107-43-11-18-50-114(107)126(119)80-57-51-72(52-58-80)79-69-93-87-31-5-14-46-110(87)129-112-48-16-9-38-100(112)121(105(71-79)118(93)129)95-36-7-2-27-82(95)90-66-75(54-60-97(90)121)81-34-24-64-124-115(81)77-26-21-25-73(65-77)74-53-59-84-91-67-76(106-42-19-20-63-123-106)55-61-98(91)122(104(84)70-74)101-39-10-17-49-113(101)128-109-45-13-4-30-86(109)89-33-23-41-103(122)117(89)128/h1-71H. The number of imidazole rings is 1. The second-order valence-electron chi connectivity index (χ2n) is 35.8. The fourth-order valence-electron chi connectivity index (χ4n) is 25.2. The summed E-state index contributed by atoms with van der Waals surface area (Å²) in [4.78, 5) is 15.9. The summed E-state index contributed by atoms with van der Waals surface area (Å²) >= 11 is 0. The molecule has 0 bridgehead atoms. The minimum Gasteiger partial charge on any atom is -0.309 e. The summed E-state index contributed by atoms with van der Waals surface area (Å²) in [6.07, 6.45) is 3.85. The molecule has 9 heterocycles. The van der Waals surface area contributed by atoms with Gasteiger partial charge in [0.2, 0.25) is 0 Å². The molecule has 18 aromatic carbocycles. The van der Waals surface area contributed by atoms with Crippen LogP contribution in [0.3, 0.4) is 0 Å². The molecule has 30 rings (SSSR count). The van der Waals surface area contributed by atoms with E-state index in [0.717, 1.165) is 84.0 Å². The molecular formula is C122H71N7.